The van der Waals surface area contributed by atoms with Crippen LogP contribution in [-0.2, 0) is 6.54 Å². The molecule has 0 spiro atoms. The highest BCUT2D eigenvalue weighted by atomic mass is 32.1. The first-order valence-corrected chi connectivity index (χ1v) is 10.4. The Morgan fingerprint density at radius 2 is 1.77 bits per heavy atom. The zero-order valence-electron chi connectivity index (χ0n) is 16.8. The van der Waals surface area contributed by atoms with E-state index in [0.717, 1.165) is 17.7 Å². The maximum Gasteiger partial charge on any atom is 0.216 e. The summed E-state index contributed by atoms with van der Waals surface area (Å²) in [5.41, 5.74) is 5.66. The van der Waals surface area contributed by atoms with Gasteiger partial charge in [0.15, 0.2) is 5.82 Å². The first kappa shape index (κ1) is 18.5. The summed E-state index contributed by atoms with van der Waals surface area (Å²) in [4.78, 5) is 0. The molecule has 30 heavy (non-hydrogen) atoms. The van der Waals surface area contributed by atoms with Crippen molar-refractivity contribution < 1.29 is 0 Å². The molecular formula is C24H21N5S. The van der Waals surface area contributed by atoms with E-state index in [1.165, 1.54) is 27.4 Å². The minimum Gasteiger partial charge on any atom is -0.341 e. The number of nitrogens with zero attached hydrogens (tertiary/aromatic N) is 4. The lowest BCUT2D eigenvalue weighted by Gasteiger charge is -2.03. The van der Waals surface area contributed by atoms with Gasteiger partial charge in [-0.3, -0.25) is 0 Å². The van der Waals surface area contributed by atoms with E-state index in [4.69, 9.17) is 12.2 Å². The normalized spacial score (nSPS) is 11.8. The molecule has 2 heterocycles. The number of H-pyrrole nitrogens is 1. The Hall–Kier alpha value is -3.51. The maximum absolute atomic E-state index is 5.40. The lowest BCUT2D eigenvalue weighted by atomic mass is 10.1. The summed E-state index contributed by atoms with van der Waals surface area (Å²) in [6, 6.07) is 23.1. The summed E-state index contributed by atoms with van der Waals surface area (Å²) < 4.78 is 4.47. The Kier molecular flexibility index (Phi) is 4.56. The second-order valence-electron chi connectivity index (χ2n) is 7.31. The van der Waals surface area contributed by atoms with E-state index in [-0.39, 0.29) is 0 Å². The average Bonchev–Trinajstić information content (AvgIpc) is 3.30. The van der Waals surface area contributed by atoms with Gasteiger partial charge in [0, 0.05) is 33.9 Å². The van der Waals surface area contributed by atoms with Crippen molar-refractivity contribution >= 4 is 40.2 Å². The summed E-state index contributed by atoms with van der Waals surface area (Å²) in [6.45, 7) is 5.17. The van der Waals surface area contributed by atoms with E-state index < -0.39 is 0 Å². The Bertz CT molecular complexity index is 1450. The molecule has 0 saturated heterocycles. The van der Waals surface area contributed by atoms with Crippen LogP contribution in [0.3, 0.4) is 0 Å². The molecule has 5 nitrogen and oxygen atoms in total. The monoisotopic (exact) mass is 411 g/mol. The second-order valence-corrected chi connectivity index (χ2v) is 7.70. The van der Waals surface area contributed by atoms with Crippen LogP contribution in [0.25, 0.3) is 33.2 Å². The third kappa shape index (κ3) is 3.06. The molecule has 0 bridgehead atoms. The van der Waals surface area contributed by atoms with Crippen molar-refractivity contribution in [2.75, 3.05) is 0 Å². The number of hydrogen-bond donors (Lipinski definition) is 1. The lowest BCUT2D eigenvalue weighted by molar-refractivity contribution is 0.827. The number of fused-ring (bicyclic) bond motifs is 3. The van der Waals surface area contributed by atoms with Gasteiger partial charge in [-0.05, 0) is 49.8 Å². The zero-order chi connectivity index (χ0) is 20.7. The van der Waals surface area contributed by atoms with Gasteiger partial charge in [-0.2, -0.15) is 14.9 Å². The smallest absolute Gasteiger partial charge is 0.216 e. The predicted molar refractivity (Wildman–Crippen MR) is 126 cm³/mol. The molecule has 1 N–H and O–H groups in total. The minimum absolute atomic E-state index is 0.463. The SMILES string of the molecule is CCn1c2ccccc2c2cc(C=Nn3c(-c4ccc(C)cc4)n[nH]c3=S)ccc21. The number of aromatic nitrogens is 4. The van der Waals surface area contributed by atoms with Crippen LogP contribution < -0.4 is 0 Å². The fourth-order valence-electron chi connectivity index (χ4n) is 3.90. The van der Waals surface area contributed by atoms with E-state index in [9.17, 15) is 0 Å². The molecule has 3 aromatic carbocycles. The molecule has 148 valence electrons. The Morgan fingerprint density at radius 1 is 1.00 bits per heavy atom. The zero-order valence-corrected chi connectivity index (χ0v) is 17.6. The molecule has 5 rings (SSSR count). The van der Waals surface area contributed by atoms with E-state index in [1.807, 2.05) is 18.3 Å². The van der Waals surface area contributed by atoms with E-state index in [0.29, 0.717) is 10.6 Å². The van der Waals surface area contributed by atoms with Gasteiger partial charge >= 0.3 is 0 Å². The van der Waals surface area contributed by atoms with E-state index in [2.05, 4.69) is 88.3 Å². The average molecular weight is 412 g/mol. The van der Waals surface area contributed by atoms with Crippen molar-refractivity contribution in [2.45, 2.75) is 20.4 Å². The van der Waals surface area contributed by atoms with Gasteiger partial charge in [-0.1, -0.05) is 54.1 Å². The first-order valence-electron chi connectivity index (χ1n) is 9.95. The minimum atomic E-state index is 0.463. The van der Waals surface area contributed by atoms with Crippen molar-refractivity contribution in [2.24, 2.45) is 5.10 Å². The number of aryl methyl sites for hydroxylation is 2. The summed E-state index contributed by atoms with van der Waals surface area (Å²) in [7, 11) is 0. The Morgan fingerprint density at radius 3 is 2.57 bits per heavy atom. The van der Waals surface area contributed by atoms with Crippen molar-refractivity contribution in [1.29, 1.82) is 0 Å². The van der Waals surface area contributed by atoms with Crippen LogP contribution in [0, 0.1) is 11.7 Å². The number of nitrogens with one attached hydrogen (secondary N) is 1. The van der Waals surface area contributed by atoms with Crippen molar-refractivity contribution in [1.82, 2.24) is 19.4 Å². The number of hydrogen-bond acceptors (Lipinski definition) is 3. The van der Waals surface area contributed by atoms with Gasteiger partial charge in [0.2, 0.25) is 4.77 Å². The molecule has 0 atom stereocenters. The van der Waals surface area contributed by atoms with Crippen LogP contribution in [0.5, 0.6) is 0 Å². The molecule has 2 aromatic heterocycles. The van der Waals surface area contributed by atoms with Gasteiger partial charge in [-0.15, -0.1) is 0 Å². The predicted octanol–water partition coefficient (Wildman–Crippen LogP) is 5.93. The standard InChI is InChI=1S/C24H21N5S/c1-3-28-21-7-5-4-6-19(21)20-14-17(10-13-22(20)28)15-25-29-23(26-27-24(29)30)18-11-8-16(2)9-12-18/h4-15H,3H2,1-2H3,(H,27,30). The van der Waals surface area contributed by atoms with E-state index in [1.54, 1.807) is 4.68 Å². The van der Waals surface area contributed by atoms with Crippen LogP contribution in [0.2, 0.25) is 0 Å². The maximum atomic E-state index is 5.40. The largest absolute Gasteiger partial charge is 0.341 e. The Balaban J connectivity index is 1.58. The van der Waals surface area contributed by atoms with Gasteiger partial charge < -0.3 is 4.57 Å². The molecule has 0 aliphatic carbocycles. The first-order chi connectivity index (χ1) is 14.7. The van der Waals surface area contributed by atoms with E-state index >= 15 is 0 Å². The molecule has 6 heteroatoms. The third-order valence-corrected chi connectivity index (χ3v) is 5.66. The summed E-state index contributed by atoms with van der Waals surface area (Å²) in [5.74, 6) is 0.694. The van der Waals surface area contributed by atoms with Crippen molar-refractivity contribution in [3.8, 4) is 11.4 Å². The number of aromatic amines is 1. The number of rotatable bonds is 4. The highest BCUT2D eigenvalue weighted by molar-refractivity contribution is 7.71. The van der Waals surface area contributed by atoms with Crippen LogP contribution in [0.4, 0.5) is 0 Å². The number of para-hydroxylation sites is 1. The molecular weight excluding hydrogens is 390 g/mol. The fraction of sp³-hybridized carbons (Fsp3) is 0.125. The Labute approximate surface area is 179 Å². The third-order valence-electron chi connectivity index (χ3n) is 5.40. The second kappa shape index (κ2) is 7.39. The molecule has 0 unspecified atom stereocenters. The van der Waals surface area contributed by atoms with Crippen LogP contribution in [0.1, 0.15) is 18.1 Å². The molecule has 5 aromatic rings. The van der Waals surface area contributed by atoms with Gasteiger partial charge in [0.05, 0.1) is 6.21 Å². The topological polar surface area (TPSA) is 50.9 Å². The quantitative estimate of drug-likeness (QED) is 0.294. The highest BCUT2D eigenvalue weighted by Gasteiger charge is 2.10. The van der Waals surface area contributed by atoms with Crippen molar-refractivity contribution in [3.63, 3.8) is 0 Å². The van der Waals surface area contributed by atoms with Crippen LogP contribution in [0.15, 0.2) is 71.8 Å². The fourth-order valence-corrected chi connectivity index (χ4v) is 4.08. The lowest BCUT2D eigenvalue weighted by Crippen LogP contribution is -1.95. The molecule has 0 radical (unpaired) electrons. The van der Waals surface area contributed by atoms with Gasteiger partial charge in [0.25, 0.3) is 0 Å². The summed E-state index contributed by atoms with van der Waals surface area (Å²) >= 11 is 5.40. The summed E-state index contributed by atoms with van der Waals surface area (Å²) in [5, 5.41) is 14.3. The highest BCUT2D eigenvalue weighted by Crippen LogP contribution is 2.29. The summed E-state index contributed by atoms with van der Waals surface area (Å²) in [6.07, 6.45) is 1.83. The molecule has 0 saturated carbocycles. The van der Waals surface area contributed by atoms with Crippen molar-refractivity contribution in [3.05, 3.63) is 82.6 Å². The molecule has 0 aliphatic heterocycles. The van der Waals surface area contributed by atoms with Crippen LogP contribution in [-0.4, -0.2) is 25.7 Å². The molecule has 0 aliphatic rings. The van der Waals surface area contributed by atoms with Gasteiger partial charge in [-0.25, -0.2) is 5.10 Å². The number of benzene rings is 3. The molecule has 0 amide bonds. The van der Waals surface area contributed by atoms with Crippen LogP contribution >= 0.6 is 12.2 Å². The van der Waals surface area contributed by atoms with Gasteiger partial charge in [0.1, 0.15) is 0 Å². The molecule has 0 fully saturated rings.